The van der Waals surface area contributed by atoms with Crippen molar-refractivity contribution in [2.45, 2.75) is 95.9 Å². The monoisotopic (exact) mass is 706 g/mol. The van der Waals surface area contributed by atoms with Gasteiger partial charge in [-0.1, -0.05) is 6.58 Å². The number of hydrogen-bond acceptors (Lipinski definition) is 15. The van der Waals surface area contributed by atoms with E-state index in [1.54, 1.807) is 0 Å². The Morgan fingerprint density at radius 3 is 1.39 bits per heavy atom. The molecule has 18 nitrogen and oxygen atoms in total. The molecule has 0 saturated heterocycles. The zero-order valence-electron chi connectivity index (χ0n) is 28.9. The van der Waals surface area contributed by atoms with Crippen molar-refractivity contribution >= 4 is 41.4 Å². The fourth-order valence-corrected chi connectivity index (χ4v) is 4.24. The second kappa shape index (κ2) is 30.6. The molecule has 2 rings (SSSR count). The number of aliphatic carboxylic acids is 1. The predicted molar refractivity (Wildman–Crippen MR) is 171 cm³/mol. The van der Waals surface area contributed by atoms with Crippen LogP contribution < -0.4 is 0 Å². The van der Waals surface area contributed by atoms with Crippen LogP contribution in [-0.4, -0.2) is 97.9 Å². The van der Waals surface area contributed by atoms with Crippen LogP contribution >= 0.6 is 0 Å². The van der Waals surface area contributed by atoms with Crippen LogP contribution in [0.15, 0.2) is 12.7 Å². The average Bonchev–Trinajstić information content (AvgIpc) is 3.68. The topological polar surface area (TPSA) is 263 Å². The molecule has 280 valence electrons. The van der Waals surface area contributed by atoms with Crippen LogP contribution in [0.25, 0.3) is 0 Å². The number of methoxy groups -OCH3 is 4. The summed E-state index contributed by atoms with van der Waals surface area (Å²) in [5.41, 5.74) is 0. The minimum absolute atomic E-state index is 0.0245. The summed E-state index contributed by atoms with van der Waals surface area (Å²) >= 11 is 0. The van der Waals surface area contributed by atoms with Crippen molar-refractivity contribution in [2.24, 2.45) is 11.8 Å². The largest absolute Gasteiger partial charge is 0.481 e. The van der Waals surface area contributed by atoms with Gasteiger partial charge in [-0.15, -0.1) is 0 Å². The van der Waals surface area contributed by atoms with Crippen molar-refractivity contribution in [1.29, 1.82) is 0 Å². The fourth-order valence-electron chi connectivity index (χ4n) is 4.24. The molecule has 2 aliphatic carbocycles. The molecule has 2 aliphatic rings. The van der Waals surface area contributed by atoms with Gasteiger partial charge in [0.1, 0.15) is 11.6 Å². The number of hydrogen-bond donors (Lipinski definition) is 1. The zero-order chi connectivity index (χ0) is 38.4. The maximum Gasteiger partial charge on any atom is 0.329 e. The smallest absolute Gasteiger partial charge is 0.329 e. The Hall–Kier alpha value is -4.77. The molecule has 0 spiro atoms. The van der Waals surface area contributed by atoms with E-state index in [4.69, 9.17) is 15.2 Å². The molecule has 18 heteroatoms. The third-order valence-electron chi connectivity index (χ3n) is 6.93. The quantitative estimate of drug-likeness (QED) is 0.0892. The molecule has 0 aromatic heterocycles. The van der Waals surface area contributed by atoms with Gasteiger partial charge in [0.15, 0.2) is 7.05 Å². The number of carboxylic acids is 1. The van der Waals surface area contributed by atoms with Crippen LogP contribution in [0.5, 0.6) is 0 Å². The molecule has 49 heavy (non-hydrogen) atoms. The van der Waals surface area contributed by atoms with Crippen LogP contribution in [0.1, 0.15) is 89.9 Å². The van der Waals surface area contributed by atoms with Gasteiger partial charge in [0.05, 0.1) is 41.3 Å². The standard InChI is InChI=1S/C9H15NO6.C9H14O3.C8H12O3.C4H6O2.CH3NO2/c1-15-8(11)5-3-7(10(13)14)4-6-9(12)16-2;1-12-9(11)5-3-7-2-4-8(10)6-7;9-7-3-1-6(5-7)2-4-8(10)11;1-3-4(5)6-2;1-2(3)4/h7H,3-6H2,1-2H3;7H,2-6H2,1H3;6H,1-5H2,(H,10,11);3H,1H2,2H3;1H3. The molecular formula is C31H50N2O16. The average molecular weight is 707 g/mol. The summed E-state index contributed by atoms with van der Waals surface area (Å²) in [5, 5.41) is 27.8. The van der Waals surface area contributed by atoms with Crippen molar-refractivity contribution in [3.63, 3.8) is 0 Å². The van der Waals surface area contributed by atoms with Gasteiger partial charge in [-0.05, 0) is 37.5 Å². The maximum absolute atomic E-state index is 10.9. The predicted octanol–water partition coefficient (Wildman–Crippen LogP) is 3.31. The van der Waals surface area contributed by atoms with Gasteiger partial charge >= 0.3 is 29.8 Å². The highest BCUT2D eigenvalue weighted by Gasteiger charge is 2.24. The van der Waals surface area contributed by atoms with Gasteiger partial charge in [-0.3, -0.25) is 49.0 Å². The number of carboxylic acid groups (broad SMARTS) is 1. The van der Waals surface area contributed by atoms with E-state index in [1.807, 2.05) is 0 Å². The number of carbonyl (C=O) groups excluding carboxylic acids is 6. The van der Waals surface area contributed by atoms with E-state index in [0.717, 1.165) is 32.4 Å². The fraction of sp³-hybridized carbons (Fsp3) is 0.710. The number of ether oxygens (including phenoxy) is 4. The molecule has 0 heterocycles. The normalized spacial score (nSPS) is 15.6. The van der Waals surface area contributed by atoms with Crippen molar-refractivity contribution < 1.29 is 67.5 Å². The number of Topliss-reactive ketones (excluding diaryl/α,β-unsaturated/α-hetero) is 2. The summed E-state index contributed by atoms with van der Waals surface area (Å²) in [6.07, 6.45) is 7.80. The minimum Gasteiger partial charge on any atom is -0.481 e. The first-order valence-electron chi connectivity index (χ1n) is 15.3. The van der Waals surface area contributed by atoms with Gasteiger partial charge in [-0.25, -0.2) is 4.79 Å². The van der Waals surface area contributed by atoms with Gasteiger partial charge < -0.3 is 24.1 Å². The van der Waals surface area contributed by atoms with Crippen LogP contribution in [0.4, 0.5) is 0 Å². The number of carbonyl (C=O) groups is 7. The zero-order valence-corrected chi connectivity index (χ0v) is 28.9. The Kier molecular flexibility index (Phi) is 30.3. The summed E-state index contributed by atoms with van der Waals surface area (Å²) in [5.74, 6) is -0.913. The highest BCUT2D eigenvalue weighted by atomic mass is 16.6. The lowest BCUT2D eigenvalue weighted by Crippen LogP contribution is -2.22. The maximum atomic E-state index is 10.9. The lowest BCUT2D eigenvalue weighted by atomic mass is 10.0. The van der Waals surface area contributed by atoms with Crippen molar-refractivity contribution in [2.75, 3.05) is 35.5 Å². The van der Waals surface area contributed by atoms with Crippen LogP contribution in [0.2, 0.25) is 0 Å². The molecule has 0 aromatic carbocycles. The summed E-state index contributed by atoms with van der Waals surface area (Å²) in [6.45, 7) is 3.16. The Labute approximate surface area is 285 Å². The summed E-state index contributed by atoms with van der Waals surface area (Å²) in [6, 6.07) is -0.918. The van der Waals surface area contributed by atoms with Crippen LogP contribution in [0, 0.1) is 32.1 Å². The molecule has 0 aliphatic heterocycles. The van der Waals surface area contributed by atoms with Gasteiger partial charge in [-0.2, -0.15) is 0 Å². The van der Waals surface area contributed by atoms with Crippen molar-refractivity contribution in [3.05, 3.63) is 32.9 Å². The van der Waals surface area contributed by atoms with E-state index in [-0.39, 0.29) is 38.1 Å². The van der Waals surface area contributed by atoms with Crippen molar-refractivity contribution in [3.8, 4) is 0 Å². The minimum atomic E-state index is -0.918. The molecule has 0 bridgehead atoms. The molecule has 2 fully saturated rings. The first-order valence-corrected chi connectivity index (χ1v) is 15.3. The van der Waals surface area contributed by atoms with E-state index in [0.29, 0.717) is 61.9 Å². The first-order chi connectivity index (χ1) is 22.9. The Bertz CT molecular complexity index is 1070. The van der Waals surface area contributed by atoms with E-state index < -0.39 is 39.8 Å². The van der Waals surface area contributed by atoms with E-state index in [1.165, 1.54) is 28.4 Å². The summed E-state index contributed by atoms with van der Waals surface area (Å²) in [7, 11) is 6.03. The highest BCUT2D eigenvalue weighted by Crippen LogP contribution is 2.26. The number of ketones is 2. The molecule has 2 unspecified atom stereocenters. The lowest BCUT2D eigenvalue weighted by molar-refractivity contribution is -0.524. The van der Waals surface area contributed by atoms with Gasteiger partial charge in [0.25, 0.3) is 0 Å². The molecule has 0 amide bonds. The van der Waals surface area contributed by atoms with E-state index in [2.05, 4.69) is 25.5 Å². The number of nitrogens with zero attached hydrogens (tertiary/aromatic N) is 2. The van der Waals surface area contributed by atoms with E-state index in [9.17, 15) is 43.7 Å². The third kappa shape index (κ3) is 32.9. The molecule has 1 N–H and O–H groups in total. The first kappa shape index (κ1) is 48.6. The molecule has 2 saturated carbocycles. The Morgan fingerprint density at radius 2 is 1.14 bits per heavy atom. The van der Waals surface area contributed by atoms with Crippen molar-refractivity contribution in [1.82, 2.24) is 0 Å². The SMILES string of the molecule is C=CC(=O)OC.COC(=O)CCC(CCC(=O)OC)[N+](=O)[O-].COC(=O)CCC1CCC(=O)C1.C[N+](=O)[O-].O=C(O)CCC1CCC(=O)C1. The molecule has 0 radical (unpaired) electrons. The van der Waals surface area contributed by atoms with Gasteiger partial charge in [0.2, 0.25) is 6.04 Å². The second-order valence-electron chi connectivity index (χ2n) is 10.7. The summed E-state index contributed by atoms with van der Waals surface area (Å²) < 4.78 is 17.4. The summed E-state index contributed by atoms with van der Waals surface area (Å²) in [4.78, 5) is 92.3. The van der Waals surface area contributed by atoms with Crippen LogP contribution in [0.3, 0.4) is 0 Å². The van der Waals surface area contributed by atoms with Gasteiger partial charge in [0, 0.05) is 67.3 Å². The number of rotatable bonds is 14. The Balaban J connectivity index is -0.000000576. The van der Waals surface area contributed by atoms with Crippen LogP contribution in [-0.2, 0) is 52.5 Å². The molecular weight excluding hydrogens is 656 g/mol. The van der Waals surface area contributed by atoms with E-state index >= 15 is 0 Å². The third-order valence-corrected chi connectivity index (χ3v) is 6.93. The number of esters is 4. The molecule has 0 aromatic rings. The number of nitro groups is 2. The second-order valence-corrected chi connectivity index (χ2v) is 10.7. The Morgan fingerprint density at radius 1 is 0.776 bits per heavy atom. The lowest BCUT2D eigenvalue weighted by Gasteiger charge is -2.07. The highest BCUT2D eigenvalue weighted by molar-refractivity contribution is 5.81. The molecule has 2 atom stereocenters.